The second-order valence-electron chi connectivity index (χ2n) is 6.52. The van der Waals surface area contributed by atoms with E-state index in [9.17, 15) is 9.59 Å². The van der Waals surface area contributed by atoms with Crippen LogP contribution in [-0.4, -0.2) is 52.8 Å². The lowest BCUT2D eigenvalue weighted by molar-refractivity contribution is -0.136. The van der Waals surface area contributed by atoms with Crippen molar-refractivity contribution >= 4 is 35.0 Å². The van der Waals surface area contributed by atoms with E-state index in [1.54, 1.807) is 11.0 Å². The number of pyridine rings is 1. The van der Waals surface area contributed by atoms with Gasteiger partial charge in [-0.25, -0.2) is 4.98 Å². The second-order valence-corrected chi connectivity index (χ2v) is 7.31. The molecule has 3 rings (SSSR count). The molecule has 7 heteroatoms. The van der Waals surface area contributed by atoms with Crippen LogP contribution >= 0.6 is 23.2 Å². The van der Waals surface area contributed by atoms with Gasteiger partial charge in [0.1, 0.15) is 5.15 Å². The van der Waals surface area contributed by atoms with E-state index in [-0.39, 0.29) is 27.9 Å². The number of halogens is 2. The van der Waals surface area contributed by atoms with Crippen molar-refractivity contribution in [3.63, 3.8) is 0 Å². The topological polar surface area (TPSA) is 53.5 Å². The van der Waals surface area contributed by atoms with E-state index < -0.39 is 5.41 Å². The van der Waals surface area contributed by atoms with Gasteiger partial charge in [0.05, 0.1) is 16.0 Å². The Bertz CT molecular complexity index is 709. The van der Waals surface area contributed by atoms with E-state index in [2.05, 4.69) is 11.6 Å². The molecule has 5 nitrogen and oxygen atoms in total. The second kappa shape index (κ2) is 6.37. The van der Waals surface area contributed by atoms with Crippen LogP contribution < -0.4 is 0 Å². The molecule has 1 aromatic rings. The highest BCUT2D eigenvalue weighted by Crippen LogP contribution is 2.45. The number of carbonyl (C=O) groups excluding carboxylic acids is 2. The van der Waals surface area contributed by atoms with Crippen LogP contribution in [0.2, 0.25) is 10.2 Å². The van der Waals surface area contributed by atoms with Gasteiger partial charge in [0.2, 0.25) is 5.91 Å². The molecule has 2 saturated heterocycles. The molecule has 0 unspecified atom stereocenters. The van der Waals surface area contributed by atoms with Gasteiger partial charge in [-0.3, -0.25) is 9.59 Å². The van der Waals surface area contributed by atoms with E-state index in [1.807, 2.05) is 11.8 Å². The van der Waals surface area contributed by atoms with Gasteiger partial charge in [-0.05, 0) is 18.4 Å². The van der Waals surface area contributed by atoms with Crippen LogP contribution in [0, 0.1) is 11.3 Å². The number of hydrogen-bond acceptors (Lipinski definition) is 3. The molecule has 0 aromatic carbocycles. The molecule has 0 saturated carbocycles. The lowest BCUT2D eigenvalue weighted by Gasteiger charge is -2.26. The van der Waals surface area contributed by atoms with E-state index in [0.717, 1.165) is 6.42 Å². The van der Waals surface area contributed by atoms with E-state index in [1.165, 1.54) is 12.3 Å². The van der Waals surface area contributed by atoms with Crippen LogP contribution in [0.15, 0.2) is 24.9 Å². The number of amides is 2. The van der Waals surface area contributed by atoms with Crippen LogP contribution in [0.4, 0.5) is 0 Å². The van der Waals surface area contributed by atoms with Crippen LogP contribution in [0.1, 0.15) is 23.7 Å². The molecule has 0 aliphatic carbocycles. The fourth-order valence-corrected chi connectivity index (χ4v) is 4.19. The molecule has 1 aromatic heterocycles. The van der Waals surface area contributed by atoms with Crippen LogP contribution in [0.5, 0.6) is 0 Å². The van der Waals surface area contributed by atoms with E-state index in [0.29, 0.717) is 31.7 Å². The Balaban J connectivity index is 1.82. The van der Waals surface area contributed by atoms with Crippen molar-refractivity contribution in [1.82, 2.24) is 14.8 Å². The summed E-state index contributed by atoms with van der Waals surface area (Å²) in [5, 5.41) is 0.522. The van der Waals surface area contributed by atoms with Gasteiger partial charge in [-0.1, -0.05) is 36.2 Å². The SMILES string of the molecule is C=CCN1CC[C@]2(CN(C(=O)c3cnc(Cl)cc3Cl)C[C@H]2C)C1=O. The van der Waals surface area contributed by atoms with Crippen molar-refractivity contribution in [3.8, 4) is 0 Å². The molecular formula is C17H19Cl2N3O2. The van der Waals surface area contributed by atoms with Gasteiger partial charge >= 0.3 is 0 Å². The van der Waals surface area contributed by atoms with Crippen molar-refractivity contribution in [1.29, 1.82) is 0 Å². The predicted octanol–water partition coefficient (Wildman–Crippen LogP) is 2.89. The highest BCUT2D eigenvalue weighted by atomic mass is 35.5. The highest BCUT2D eigenvalue weighted by molar-refractivity contribution is 6.36. The van der Waals surface area contributed by atoms with Gasteiger partial charge in [0, 0.05) is 32.4 Å². The molecular weight excluding hydrogens is 349 g/mol. The van der Waals surface area contributed by atoms with Crippen molar-refractivity contribution in [2.24, 2.45) is 11.3 Å². The molecule has 1 spiro atoms. The average molecular weight is 368 g/mol. The Labute approximate surface area is 151 Å². The number of rotatable bonds is 3. The maximum Gasteiger partial charge on any atom is 0.256 e. The zero-order valence-electron chi connectivity index (χ0n) is 13.5. The van der Waals surface area contributed by atoms with E-state index in [4.69, 9.17) is 23.2 Å². The fourth-order valence-electron chi connectivity index (χ4n) is 3.75. The zero-order valence-corrected chi connectivity index (χ0v) is 15.0. The third-order valence-electron chi connectivity index (χ3n) is 5.14. The number of carbonyl (C=O) groups is 2. The van der Waals surface area contributed by atoms with Crippen LogP contribution in [0.3, 0.4) is 0 Å². The first-order chi connectivity index (χ1) is 11.4. The lowest BCUT2D eigenvalue weighted by atomic mass is 9.78. The average Bonchev–Trinajstić information content (AvgIpc) is 3.03. The molecule has 2 atom stereocenters. The highest BCUT2D eigenvalue weighted by Gasteiger charge is 2.55. The third kappa shape index (κ3) is 2.70. The molecule has 128 valence electrons. The third-order valence-corrected chi connectivity index (χ3v) is 5.66. The van der Waals surface area contributed by atoms with E-state index >= 15 is 0 Å². The summed E-state index contributed by atoms with van der Waals surface area (Å²) in [6.07, 6.45) is 3.89. The lowest BCUT2D eigenvalue weighted by Crippen LogP contribution is -2.40. The zero-order chi connectivity index (χ0) is 17.5. The predicted molar refractivity (Wildman–Crippen MR) is 93.2 cm³/mol. The summed E-state index contributed by atoms with van der Waals surface area (Å²) in [4.78, 5) is 33.1. The summed E-state index contributed by atoms with van der Waals surface area (Å²) in [5.74, 6) is 0.0104. The smallest absolute Gasteiger partial charge is 0.256 e. The normalized spacial score (nSPS) is 26.5. The van der Waals surface area contributed by atoms with Crippen molar-refractivity contribution in [3.05, 3.63) is 40.7 Å². The first kappa shape index (κ1) is 17.2. The standard InChI is InChI=1S/C17H19Cl2N3O2/c1-3-5-21-6-4-17(16(21)24)10-22(9-11(17)2)15(23)12-8-20-14(19)7-13(12)18/h3,7-8,11H,1,4-6,9-10H2,2H3/t11-,17-/m1/s1. The molecule has 0 N–H and O–H groups in total. The quantitative estimate of drug-likeness (QED) is 0.609. The minimum Gasteiger partial charge on any atom is -0.338 e. The Hall–Kier alpha value is -1.59. The Morgan fingerprint density at radius 2 is 2.29 bits per heavy atom. The molecule has 2 amide bonds. The molecule has 0 radical (unpaired) electrons. The Morgan fingerprint density at radius 1 is 1.54 bits per heavy atom. The Kier molecular flexibility index (Phi) is 4.58. The minimum atomic E-state index is -0.495. The minimum absolute atomic E-state index is 0.0998. The molecule has 2 fully saturated rings. The first-order valence-electron chi connectivity index (χ1n) is 7.89. The van der Waals surface area contributed by atoms with Crippen molar-refractivity contribution < 1.29 is 9.59 Å². The molecule has 2 aliphatic heterocycles. The van der Waals surface area contributed by atoms with Gasteiger partial charge in [0.15, 0.2) is 0 Å². The largest absolute Gasteiger partial charge is 0.338 e. The van der Waals surface area contributed by atoms with Gasteiger partial charge in [0.25, 0.3) is 5.91 Å². The number of nitrogens with zero attached hydrogens (tertiary/aromatic N) is 3. The summed E-state index contributed by atoms with van der Waals surface area (Å²) in [5.41, 5.74) is -0.177. The monoisotopic (exact) mass is 367 g/mol. The van der Waals surface area contributed by atoms with Crippen LogP contribution in [-0.2, 0) is 4.79 Å². The molecule has 0 bridgehead atoms. The fraction of sp³-hybridized carbons (Fsp3) is 0.471. The van der Waals surface area contributed by atoms with Crippen molar-refractivity contribution in [2.75, 3.05) is 26.2 Å². The van der Waals surface area contributed by atoms with Crippen molar-refractivity contribution in [2.45, 2.75) is 13.3 Å². The van der Waals surface area contributed by atoms with Gasteiger partial charge < -0.3 is 9.80 Å². The summed E-state index contributed by atoms with van der Waals surface area (Å²) in [6.45, 7) is 7.94. The number of likely N-dealkylation sites (tertiary alicyclic amines) is 2. The Morgan fingerprint density at radius 3 is 2.96 bits per heavy atom. The summed E-state index contributed by atoms with van der Waals surface area (Å²) < 4.78 is 0. The van der Waals surface area contributed by atoms with Gasteiger partial charge in [-0.2, -0.15) is 0 Å². The summed E-state index contributed by atoms with van der Waals surface area (Å²) in [7, 11) is 0. The summed E-state index contributed by atoms with van der Waals surface area (Å²) in [6, 6.07) is 1.46. The maximum absolute atomic E-state index is 12.8. The molecule has 2 aliphatic rings. The number of hydrogen-bond donors (Lipinski definition) is 0. The summed E-state index contributed by atoms with van der Waals surface area (Å²) >= 11 is 11.9. The number of aromatic nitrogens is 1. The molecule has 24 heavy (non-hydrogen) atoms. The van der Waals surface area contributed by atoms with Crippen LogP contribution in [0.25, 0.3) is 0 Å². The first-order valence-corrected chi connectivity index (χ1v) is 8.65. The molecule has 3 heterocycles. The maximum atomic E-state index is 12.8. The van der Waals surface area contributed by atoms with Gasteiger partial charge in [-0.15, -0.1) is 6.58 Å².